The number of carbonyl (C=O) groups is 4. The number of hydrogen-bond donors (Lipinski definition) is 2. The van der Waals surface area contributed by atoms with Gasteiger partial charge in [0.05, 0.1) is 19.2 Å². The summed E-state index contributed by atoms with van der Waals surface area (Å²) in [4.78, 5) is 57.2. The van der Waals surface area contributed by atoms with Gasteiger partial charge in [-0.15, -0.1) is 0 Å². The van der Waals surface area contributed by atoms with Gasteiger partial charge in [0, 0.05) is 18.2 Å². The fraction of sp³-hybridized carbons (Fsp3) is 0.426. The number of nitrogens with zero attached hydrogens (tertiary/aromatic N) is 2. The van der Waals surface area contributed by atoms with Crippen LogP contribution in [0.4, 0.5) is 9.59 Å². The van der Waals surface area contributed by atoms with Crippen LogP contribution in [0.25, 0.3) is 10.9 Å². The van der Waals surface area contributed by atoms with Crippen molar-refractivity contribution in [2.24, 2.45) is 11.8 Å². The van der Waals surface area contributed by atoms with Gasteiger partial charge < -0.3 is 34.1 Å². The molecule has 1 saturated carbocycles. The number of nitrogens with one attached hydrogen (secondary N) is 1. The van der Waals surface area contributed by atoms with Crippen LogP contribution < -0.4 is 14.8 Å². The normalized spacial score (nSPS) is 20.0. The largest absolute Gasteiger partial charge is 0.487 e. The van der Waals surface area contributed by atoms with Crippen molar-refractivity contribution in [2.45, 2.75) is 102 Å². The zero-order chi connectivity index (χ0) is 42.4. The Labute approximate surface area is 349 Å². The second-order valence-electron chi connectivity index (χ2n) is 16.6. The number of aromatic nitrogens is 1. The highest BCUT2D eigenvalue weighted by Crippen LogP contribution is 2.39. The first-order valence-corrected chi connectivity index (χ1v) is 20.5. The van der Waals surface area contributed by atoms with Crippen LogP contribution in [-0.4, -0.2) is 82.7 Å². The van der Waals surface area contributed by atoms with E-state index in [9.17, 15) is 24.3 Å². The molecule has 0 bridgehead atoms. The van der Waals surface area contributed by atoms with Gasteiger partial charge in [0.2, 0.25) is 5.88 Å². The number of amides is 2. The van der Waals surface area contributed by atoms with Gasteiger partial charge in [-0.1, -0.05) is 78.6 Å². The quantitative estimate of drug-likeness (QED) is 0.0605. The first-order chi connectivity index (χ1) is 28.9. The molecule has 3 aliphatic rings. The number of pyridine rings is 1. The fourth-order valence-corrected chi connectivity index (χ4v) is 7.94. The number of alkyl carbamates (subject to hydrolysis) is 1. The van der Waals surface area contributed by atoms with Crippen LogP contribution in [0.2, 0.25) is 0 Å². The summed E-state index contributed by atoms with van der Waals surface area (Å²) in [5, 5.41) is 13.3. The summed E-state index contributed by atoms with van der Waals surface area (Å²) in [6.07, 6.45) is 1.77. The molecule has 0 spiro atoms. The standard InChI is InChI=1S/C47H51N3O10/c1-47(2,3)60-46(55)50-27-34(26-38(50)44(53)56-4)58-42-36(41(35-20-13-14-22-37(35)48-42)57-28-29-15-7-5-8-16-29)21-10-6-9-19-32-25-39(32)59-45(54)49-40(43(51)52)33-23-30-17-11-12-18-31(30)24-33/h5,7-8,11-18,20,22,32-34,38-40H,6,9,19,23-28H2,1-4H3,(H,49,54)(H,51,52)/t32-,34-,38+,39-,40?/m1/s1. The van der Waals surface area contributed by atoms with E-state index in [1.807, 2.05) is 78.9 Å². The molecule has 2 aliphatic carbocycles. The van der Waals surface area contributed by atoms with Crippen molar-refractivity contribution in [1.82, 2.24) is 15.2 Å². The second-order valence-corrected chi connectivity index (χ2v) is 16.6. The number of carboxylic acid groups (broad SMARTS) is 1. The van der Waals surface area contributed by atoms with Crippen LogP contribution in [-0.2, 0) is 43.2 Å². The molecule has 13 nitrogen and oxygen atoms in total. The molecule has 5 atom stereocenters. The summed E-state index contributed by atoms with van der Waals surface area (Å²) in [5.74, 6) is 5.55. The SMILES string of the molecule is COC(=O)[C@@H]1C[C@@H](Oc2nc3ccccc3c(OCc3ccccc3)c2C#CCCC[C@@H]2C[C@H]2OC(=O)NC(C(=O)O)C2Cc3ccccc3C2)CN1C(=O)OC(C)(C)C. The number of ether oxygens (including phenoxy) is 5. The smallest absolute Gasteiger partial charge is 0.411 e. The average molecular weight is 818 g/mol. The fourth-order valence-electron chi connectivity index (χ4n) is 7.94. The minimum Gasteiger partial charge on any atom is -0.487 e. The van der Waals surface area contributed by atoms with Gasteiger partial charge >= 0.3 is 24.1 Å². The van der Waals surface area contributed by atoms with Gasteiger partial charge in [-0.3, -0.25) is 4.90 Å². The number of esters is 1. The number of unbranched alkanes of at least 4 members (excludes halogenated alkanes) is 1. The first-order valence-electron chi connectivity index (χ1n) is 20.5. The van der Waals surface area contributed by atoms with Crippen LogP contribution in [0.15, 0.2) is 78.9 Å². The van der Waals surface area contributed by atoms with Crippen molar-refractivity contribution < 1.29 is 48.0 Å². The van der Waals surface area contributed by atoms with Crippen molar-refractivity contribution >= 4 is 35.0 Å². The minimum absolute atomic E-state index is 0.0602. The van der Waals surface area contributed by atoms with Gasteiger partial charge in [0.15, 0.2) is 0 Å². The summed E-state index contributed by atoms with van der Waals surface area (Å²) >= 11 is 0. The Bertz CT molecular complexity index is 2250. The molecule has 60 heavy (non-hydrogen) atoms. The lowest BCUT2D eigenvalue weighted by Crippen LogP contribution is -2.46. The van der Waals surface area contributed by atoms with Gasteiger partial charge in [0.1, 0.15) is 47.8 Å². The molecule has 4 aromatic rings. The van der Waals surface area contributed by atoms with E-state index in [1.54, 1.807) is 20.8 Å². The number of benzene rings is 3. The number of rotatable bonds is 13. The first kappa shape index (κ1) is 41.9. The molecule has 314 valence electrons. The number of aliphatic carboxylic acids is 1. The summed E-state index contributed by atoms with van der Waals surface area (Å²) in [5.41, 5.74) is 3.47. The van der Waals surface area contributed by atoms with E-state index in [0.717, 1.165) is 34.9 Å². The summed E-state index contributed by atoms with van der Waals surface area (Å²) in [6, 6.07) is 23.2. The maximum atomic E-state index is 13.2. The maximum Gasteiger partial charge on any atom is 0.411 e. The summed E-state index contributed by atoms with van der Waals surface area (Å²) in [7, 11) is 1.28. The number of likely N-dealkylation sites (tertiary alicyclic amines) is 1. The third-order valence-electron chi connectivity index (χ3n) is 11.0. The molecule has 1 saturated heterocycles. The molecular formula is C47H51N3O10. The van der Waals surface area contributed by atoms with Crippen molar-refractivity contribution in [1.29, 1.82) is 0 Å². The molecule has 7 rings (SSSR count). The number of methoxy groups -OCH3 is 1. The third-order valence-corrected chi connectivity index (χ3v) is 11.0. The highest BCUT2D eigenvalue weighted by Gasteiger charge is 2.44. The topological polar surface area (TPSA) is 163 Å². The number of fused-ring (bicyclic) bond motifs is 2. The van der Waals surface area contributed by atoms with Crippen LogP contribution in [0.5, 0.6) is 11.6 Å². The highest BCUT2D eigenvalue weighted by molar-refractivity contribution is 5.89. The zero-order valence-electron chi connectivity index (χ0n) is 34.3. The van der Waals surface area contributed by atoms with Gasteiger partial charge in [-0.05, 0) is 93.5 Å². The van der Waals surface area contributed by atoms with Crippen LogP contribution in [0.1, 0.15) is 75.1 Å². The molecule has 3 aromatic carbocycles. The van der Waals surface area contributed by atoms with Crippen LogP contribution >= 0.6 is 0 Å². The lowest BCUT2D eigenvalue weighted by atomic mass is 9.97. The molecule has 13 heteroatoms. The number of para-hydroxylation sites is 1. The molecular weight excluding hydrogens is 767 g/mol. The van der Waals surface area contributed by atoms with Gasteiger partial charge in [-0.25, -0.2) is 24.2 Å². The Morgan fingerprint density at radius 2 is 1.65 bits per heavy atom. The van der Waals surface area contributed by atoms with E-state index in [1.165, 1.54) is 12.0 Å². The number of carbonyl (C=O) groups excluding carboxylic acids is 3. The molecule has 1 unspecified atom stereocenters. The zero-order valence-corrected chi connectivity index (χ0v) is 34.3. The maximum absolute atomic E-state index is 13.2. The molecule has 2 fully saturated rings. The lowest BCUT2D eigenvalue weighted by Gasteiger charge is -2.27. The summed E-state index contributed by atoms with van der Waals surface area (Å²) in [6.45, 7) is 5.60. The summed E-state index contributed by atoms with van der Waals surface area (Å²) < 4.78 is 29.3. The molecule has 2 N–H and O–H groups in total. The van der Waals surface area contributed by atoms with Crippen molar-refractivity contribution in [3.63, 3.8) is 0 Å². The minimum atomic E-state index is -1.07. The molecule has 1 aromatic heterocycles. The van der Waals surface area contributed by atoms with E-state index in [0.29, 0.717) is 42.5 Å². The predicted molar refractivity (Wildman–Crippen MR) is 221 cm³/mol. The van der Waals surface area contributed by atoms with Crippen molar-refractivity contribution in [3.8, 4) is 23.5 Å². The highest BCUT2D eigenvalue weighted by atomic mass is 16.6. The van der Waals surface area contributed by atoms with Crippen LogP contribution in [0, 0.1) is 23.7 Å². The van der Waals surface area contributed by atoms with E-state index >= 15 is 0 Å². The van der Waals surface area contributed by atoms with E-state index in [4.69, 9.17) is 28.7 Å². The molecule has 1 aliphatic heterocycles. The van der Waals surface area contributed by atoms with Gasteiger partial charge in [0.25, 0.3) is 0 Å². The number of carboxylic acids is 1. The van der Waals surface area contributed by atoms with E-state index in [2.05, 4.69) is 17.2 Å². The van der Waals surface area contributed by atoms with Gasteiger partial charge in [-0.2, -0.15) is 0 Å². The van der Waals surface area contributed by atoms with E-state index < -0.39 is 47.9 Å². The second kappa shape index (κ2) is 18.3. The van der Waals surface area contributed by atoms with Crippen molar-refractivity contribution in [2.75, 3.05) is 13.7 Å². The molecule has 2 amide bonds. The average Bonchev–Trinajstić information content (AvgIpc) is 3.58. The Hall–Kier alpha value is -6.29. The third kappa shape index (κ3) is 10.3. The molecule has 2 heterocycles. The Balaban J connectivity index is 1.03. The Morgan fingerprint density at radius 1 is 0.950 bits per heavy atom. The molecule has 0 radical (unpaired) electrons. The van der Waals surface area contributed by atoms with Crippen molar-refractivity contribution in [3.05, 3.63) is 101 Å². The monoisotopic (exact) mass is 817 g/mol. The lowest BCUT2D eigenvalue weighted by molar-refractivity contribution is -0.145. The van der Waals surface area contributed by atoms with Crippen LogP contribution in [0.3, 0.4) is 0 Å². The number of hydrogen-bond acceptors (Lipinski definition) is 10. The Morgan fingerprint density at radius 3 is 2.35 bits per heavy atom. The van der Waals surface area contributed by atoms with E-state index in [-0.39, 0.29) is 43.4 Å². The Kier molecular flexibility index (Phi) is 12.8. The predicted octanol–water partition coefficient (Wildman–Crippen LogP) is 7.25.